The van der Waals surface area contributed by atoms with E-state index in [1.165, 1.54) is 0 Å². The predicted octanol–water partition coefficient (Wildman–Crippen LogP) is 6.68. The summed E-state index contributed by atoms with van der Waals surface area (Å²) in [6.07, 6.45) is 0. The molecular formula is C12H34Zr2. The van der Waals surface area contributed by atoms with E-state index in [4.69, 9.17) is 0 Å². The van der Waals surface area contributed by atoms with E-state index in [2.05, 4.69) is 53.2 Å². The summed E-state index contributed by atoms with van der Waals surface area (Å²) >= 11 is -5.76. The summed E-state index contributed by atoms with van der Waals surface area (Å²) in [5.41, 5.74) is 0. The van der Waals surface area contributed by atoms with Crippen LogP contribution < -0.4 is 0 Å². The first kappa shape index (κ1) is 15.8. The van der Waals surface area contributed by atoms with Gasteiger partial charge in [-0.3, -0.25) is 0 Å². The molecule has 0 heterocycles. The van der Waals surface area contributed by atoms with E-state index in [-0.39, 0.29) is 0 Å². The summed E-state index contributed by atoms with van der Waals surface area (Å²) < 4.78 is 27.1. The summed E-state index contributed by atoms with van der Waals surface area (Å²) in [6.45, 7) is 2.55. The van der Waals surface area contributed by atoms with Gasteiger partial charge in [-0.05, 0) is 0 Å². The molecule has 90 valence electrons. The van der Waals surface area contributed by atoms with Crippen LogP contribution >= 0.6 is 0 Å². The van der Waals surface area contributed by atoms with E-state index in [1.54, 1.807) is 0 Å². The third kappa shape index (κ3) is 4.74. The Morgan fingerprint density at radius 1 is 0.500 bits per heavy atom. The normalized spacial score (nSPS) is 26.8. The van der Waals surface area contributed by atoms with Gasteiger partial charge in [0, 0.05) is 0 Å². The van der Waals surface area contributed by atoms with Crippen LogP contribution in [0.15, 0.2) is 0 Å². The Balaban J connectivity index is 5.82. The summed E-state index contributed by atoms with van der Waals surface area (Å²) in [5, 5.41) is 0. The van der Waals surface area contributed by atoms with Gasteiger partial charge in [-0.1, -0.05) is 0 Å². The minimum atomic E-state index is -2.88. The Morgan fingerprint density at radius 2 is 0.643 bits per heavy atom. The average molecular weight is 361 g/mol. The van der Waals surface area contributed by atoms with Crippen LogP contribution in [0.3, 0.4) is 0 Å². The Morgan fingerprint density at radius 3 is 0.643 bits per heavy atom. The molecule has 0 bridgehead atoms. The fraction of sp³-hybridized carbons (Fsp3) is 1.00. The van der Waals surface area contributed by atoms with Crippen molar-refractivity contribution < 1.29 is 34.6 Å². The van der Waals surface area contributed by atoms with Gasteiger partial charge in [-0.15, -0.1) is 0 Å². The van der Waals surface area contributed by atoms with E-state index in [1.807, 2.05) is 0 Å². The molecule has 0 saturated heterocycles. The quantitative estimate of drug-likeness (QED) is 0.515. The Labute approximate surface area is 88.0 Å². The van der Waals surface area contributed by atoms with E-state index in [0.29, 0.717) is 0 Å². The van der Waals surface area contributed by atoms with Crippen LogP contribution in [0.4, 0.5) is 0 Å². The Hall–Kier alpha value is 1.77. The van der Waals surface area contributed by atoms with Crippen LogP contribution in [0, 0.1) is 0 Å². The molecule has 0 aromatic rings. The second-order valence-corrected chi connectivity index (χ2v) is 84.7. The monoisotopic (exact) mass is 358 g/mol. The zero-order valence-corrected chi connectivity index (χ0v) is 17.5. The molecule has 2 heteroatoms. The molecule has 0 aromatic heterocycles. The Kier molecular flexibility index (Phi) is 2.61. The third-order valence-corrected chi connectivity index (χ3v) is 67.6. The SMILES string of the molecule is C[CH]([Zr]([CH3])([CH3])([CH3])([CH3])[CH3])[Zr]([CH3])([CH3])([CH3])([CH3])[CH3]. The Bertz CT molecular complexity index is 220. The van der Waals surface area contributed by atoms with Crippen LogP contribution in [-0.2, 0) is 34.6 Å². The maximum atomic E-state index is 2.61. The van der Waals surface area contributed by atoms with Gasteiger partial charge in [0.15, 0.2) is 0 Å². The van der Waals surface area contributed by atoms with Crippen LogP contribution in [-0.4, -0.2) is 0 Å². The molecule has 0 spiro atoms. The topological polar surface area (TPSA) is 0 Å². The van der Waals surface area contributed by atoms with Gasteiger partial charge in [0.2, 0.25) is 0 Å². The van der Waals surface area contributed by atoms with Crippen molar-refractivity contribution >= 4 is 0 Å². The first-order chi connectivity index (χ1) is 5.13. The average Bonchev–Trinajstić information content (AvgIpc) is 1.50. The molecule has 0 radical (unpaired) electrons. The van der Waals surface area contributed by atoms with Crippen molar-refractivity contribution in [1.29, 1.82) is 0 Å². The number of hydrogen-bond donors (Lipinski definition) is 0. The van der Waals surface area contributed by atoms with Crippen molar-refractivity contribution in [2.24, 2.45) is 0 Å². The van der Waals surface area contributed by atoms with Crippen molar-refractivity contribution in [3.05, 3.63) is 0 Å². The summed E-state index contributed by atoms with van der Waals surface area (Å²) in [4.78, 5) is 0. The van der Waals surface area contributed by atoms with E-state index >= 15 is 0 Å². The summed E-state index contributed by atoms with van der Waals surface area (Å²) in [6, 6.07) is 0. The standard InChI is InChI=1S/C2H4.10CH3.2Zr/c1-2;;;;;;;;;;;;/h1H,2H3;10*1H3;;. The van der Waals surface area contributed by atoms with Gasteiger partial charge in [0.25, 0.3) is 0 Å². The molecule has 0 saturated carbocycles. The zero-order chi connectivity index (χ0) is 12.4. The van der Waals surface area contributed by atoms with Gasteiger partial charge in [0.1, 0.15) is 0 Å². The molecule has 0 amide bonds. The first-order valence-electron chi connectivity index (χ1n) is 6.15. The van der Waals surface area contributed by atoms with E-state index < -0.39 is 34.6 Å². The molecule has 0 aliphatic heterocycles. The molecule has 0 nitrogen and oxygen atoms in total. The van der Waals surface area contributed by atoms with Crippen LogP contribution in [0.2, 0.25) is 47.7 Å². The fourth-order valence-electron chi connectivity index (χ4n) is 3.61. The molecule has 0 aliphatic rings. The van der Waals surface area contributed by atoms with Crippen molar-refractivity contribution in [3.8, 4) is 0 Å². The van der Waals surface area contributed by atoms with Crippen LogP contribution in [0.5, 0.6) is 0 Å². The number of rotatable bonds is 2. The van der Waals surface area contributed by atoms with Gasteiger partial charge >= 0.3 is 89.2 Å². The van der Waals surface area contributed by atoms with Gasteiger partial charge < -0.3 is 0 Å². The molecule has 0 aromatic carbocycles. The maximum absolute atomic E-state index is 2.88. The van der Waals surface area contributed by atoms with Crippen molar-refractivity contribution in [1.82, 2.24) is 0 Å². The summed E-state index contributed by atoms with van der Waals surface area (Å²) in [5.74, 6) is 0. The van der Waals surface area contributed by atoms with E-state index in [0.717, 1.165) is 1.33 Å². The van der Waals surface area contributed by atoms with Crippen LogP contribution in [0.25, 0.3) is 0 Å². The minimum absolute atomic E-state index is 0.956. The molecule has 0 atom stereocenters. The molecular weight excluding hydrogens is 327 g/mol. The third-order valence-electron chi connectivity index (χ3n) is 4.33. The molecule has 0 rings (SSSR count). The van der Waals surface area contributed by atoms with Crippen LogP contribution in [0.1, 0.15) is 6.92 Å². The van der Waals surface area contributed by atoms with Gasteiger partial charge in [0.05, 0.1) is 0 Å². The molecule has 0 unspecified atom stereocenters. The summed E-state index contributed by atoms with van der Waals surface area (Å²) in [7, 11) is 0. The molecule has 0 N–H and O–H groups in total. The first-order valence-corrected chi connectivity index (χ1v) is 33.6. The predicted molar refractivity (Wildman–Crippen MR) is 68.1 cm³/mol. The fourth-order valence-corrected chi connectivity index (χ4v) is 126. The van der Waals surface area contributed by atoms with Crippen molar-refractivity contribution in [2.75, 3.05) is 0 Å². The molecule has 14 heavy (non-hydrogen) atoms. The zero-order valence-electron chi connectivity index (χ0n) is 12.6. The van der Waals surface area contributed by atoms with Gasteiger partial charge in [-0.25, -0.2) is 0 Å². The molecule has 0 aliphatic carbocycles. The van der Waals surface area contributed by atoms with E-state index in [9.17, 15) is 0 Å². The second kappa shape index (κ2) is 2.32. The van der Waals surface area contributed by atoms with Gasteiger partial charge in [-0.2, -0.15) is 0 Å². The van der Waals surface area contributed by atoms with Crippen molar-refractivity contribution in [3.63, 3.8) is 0 Å². The number of hydrogen-bond acceptors (Lipinski definition) is 0. The van der Waals surface area contributed by atoms with Crippen molar-refractivity contribution in [2.45, 2.75) is 54.6 Å². The second-order valence-electron chi connectivity index (χ2n) is 13.6. The molecule has 0 fully saturated rings.